The van der Waals surface area contributed by atoms with Crippen LogP contribution in [0, 0.1) is 0 Å². The maximum atomic E-state index is 5.31. The second-order valence-corrected chi connectivity index (χ2v) is 4.79. The first-order valence-corrected chi connectivity index (χ1v) is 7.09. The lowest BCUT2D eigenvalue weighted by molar-refractivity contribution is 0.354. The molecule has 2 N–H and O–H groups in total. The number of aromatic nitrogens is 4. The molecule has 120 valence electrons. The molecule has 0 spiro atoms. The monoisotopic (exact) mass is 314 g/mol. The molecule has 3 rings (SSSR count). The topological polar surface area (TPSA) is 85.6 Å². The predicted molar refractivity (Wildman–Crippen MR) is 87.2 cm³/mol. The van der Waals surface area contributed by atoms with Crippen molar-refractivity contribution in [3.05, 3.63) is 36.2 Å². The summed E-state index contributed by atoms with van der Waals surface area (Å²) in [6.07, 6.45) is 3.51. The molecule has 0 unspecified atom stereocenters. The molecule has 0 bridgehead atoms. The maximum absolute atomic E-state index is 5.31. The van der Waals surface area contributed by atoms with Gasteiger partial charge in [-0.1, -0.05) is 6.07 Å². The fourth-order valence-electron chi connectivity index (χ4n) is 2.30. The van der Waals surface area contributed by atoms with Crippen LogP contribution >= 0.6 is 0 Å². The first-order chi connectivity index (χ1) is 11.3. The molecule has 8 heteroatoms. The molecule has 2 heterocycles. The van der Waals surface area contributed by atoms with E-state index in [4.69, 9.17) is 9.47 Å². The van der Waals surface area contributed by atoms with Crippen molar-refractivity contribution >= 4 is 17.4 Å². The molecule has 0 saturated heterocycles. The van der Waals surface area contributed by atoms with Crippen molar-refractivity contribution in [1.29, 1.82) is 0 Å². The van der Waals surface area contributed by atoms with E-state index in [1.165, 1.54) is 0 Å². The molecule has 0 aliphatic rings. The second kappa shape index (κ2) is 6.39. The fraction of sp³-hybridized carbons (Fsp3) is 0.267. The van der Waals surface area contributed by atoms with Crippen LogP contribution in [0.4, 0.5) is 11.8 Å². The molecule has 8 nitrogen and oxygen atoms in total. The van der Waals surface area contributed by atoms with Gasteiger partial charge in [0.25, 0.3) is 0 Å². The number of benzene rings is 1. The van der Waals surface area contributed by atoms with E-state index >= 15 is 0 Å². The first kappa shape index (κ1) is 14.9. The van der Waals surface area contributed by atoms with Crippen molar-refractivity contribution in [2.24, 2.45) is 0 Å². The Morgan fingerprint density at radius 1 is 1.13 bits per heavy atom. The SMILES string of the molecule is CNc1nnc2c(NCc3ccc(OC)c(OC)c3)nccn12. The average Bonchev–Trinajstić information content (AvgIpc) is 3.03. The summed E-state index contributed by atoms with van der Waals surface area (Å²) < 4.78 is 12.4. The molecule has 0 atom stereocenters. The molecule has 2 aromatic heterocycles. The Labute approximate surface area is 133 Å². The van der Waals surface area contributed by atoms with E-state index in [0.29, 0.717) is 35.5 Å². The van der Waals surface area contributed by atoms with Crippen LogP contribution in [0.25, 0.3) is 5.65 Å². The third kappa shape index (κ3) is 2.83. The number of hydrogen-bond acceptors (Lipinski definition) is 7. The van der Waals surface area contributed by atoms with Gasteiger partial charge in [0.1, 0.15) is 0 Å². The van der Waals surface area contributed by atoms with Crippen LogP contribution in [0.15, 0.2) is 30.6 Å². The van der Waals surface area contributed by atoms with Gasteiger partial charge >= 0.3 is 0 Å². The van der Waals surface area contributed by atoms with E-state index in [1.807, 2.05) is 28.8 Å². The van der Waals surface area contributed by atoms with E-state index in [0.717, 1.165) is 5.56 Å². The molecule has 0 radical (unpaired) electrons. The normalized spacial score (nSPS) is 10.6. The molecule has 1 aromatic carbocycles. The van der Waals surface area contributed by atoms with Gasteiger partial charge in [0.2, 0.25) is 11.6 Å². The number of anilines is 2. The third-order valence-corrected chi connectivity index (χ3v) is 3.46. The van der Waals surface area contributed by atoms with Crippen LogP contribution in [0.5, 0.6) is 11.5 Å². The minimum absolute atomic E-state index is 0.578. The van der Waals surface area contributed by atoms with E-state index in [2.05, 4.69) is 25.8 Å². The standard InChI is InChI=1S/C15H18N6O2/c1-16-15-20-19-14-13(17-6-7-21(14)15)18-9-10-4-5-11(22-2)12(8-10)23-3/h4-8H,9H2,1-3H3,(H,16,20)(H,17,18). The summed E-state index contributed by atoms with van der Waals surface area (Å²) >= 11 is 0. The Bertz CT molecular complexity index is 817. The zero-order valence-corrected chi connectivity index (χ0v) is 13.2. The Morgan fingerprint density at radius 3 is 2.70 bits per heavy atom. The summed E-state index contributed by atoms with van der Waals surface area (Å²) in [6.45, 7) is 0.578. The highest BCUT2D eigenvalue weighted by atomic mass is 16.5. The first-order valence-electron chi connectivity index (χ1n) is 7.09. The van der Waals surface area contributed by atoms with Gasteiger partial charge in [-0.05, 0) is 17.7 Å². The average molecular weight is 314 g/mol. The van der Waals surface area contributed by atoms with Crippen molar-refractivity contribution in [2.75, 3.05) is 31.9 Å². The summed E-state index contributed by atoms with van der Waals surface area (Å²) in [7, 11) is 5.03. The number of hydrogen-bond donors (Lipinski definition) is 2. The Balaban J connectivity index is 1.82. The summed E-state index contributed by atoms with van der Waals surface area (Å²) in [5.41, 5.74) is 1.71. The van der Waals surface area contributed by atoms with E-state index in [9.17, 15) is 0 Å². The van der Waals surface area contributed by atoms with Gasteiger partial charge in [-0.2, -0.15) is 0 Å². The van der Waals surface area contributed by atoms with Gasteiger partial charge in [0, 0.05) is 26.0 Å². The third-order valence-electron chi connectivity index (χ3n) is 3.46. The highest BCUT2D eigenvalue weighted by Crippen LogP contribution is 2.28. The maximum Gasteiger partial charge on any atom is 0.228 e. The summed E-state index contributed by atoms with van der Waals surface area (Å²) in [6, 6.07) is 5.77. The highest BCUT2D eigenvalue weighted by Gasteiger charge is 2.10. The van der Waals surface area contributed by atoms with Crippen LogP contribution in [0.3, 0.4) is 0 Å². The van der Waals surface area contributed by atoms with Crippen molar-refractivity contribution in [3.63, 3.8) is 0 Å². The number of ether oxygens (including phenoxy) is 2. The molecule has 0 amide bonds. The minimum Gasteiger partial charge on any atom is -0.493 e. The van der Waals surface area contributed by atoms with Crippen LogP contribution in [-0.4, -0.2) is 40.8 Å². The minimum atomic E-state index is 0.578. The molecule has 23 heavy (non-hydrogen) atoms. The fourth-order valence-corrected chi connectivity index (χ4v) is 2.30. The van der Waals surface area contributed by atoms with Gasteiger partial charge in [0.05, 0.1) is 14.2 Å². The van der Waals surface area contributed by atoms with E-state index in [1.54, 1.807) is 27.5 Å². The zero-order chi connectivity index (χ0) is 16.2. The Kier molecular flexibility index (Phi) is 4.13. The second-order valence-electron chi connectivity index (χ2n) is 4.79. The van der Waals surface area contributed by atoms with Gasteiger partial charge in [-0.3, -0.25) is 4.40 Å². The van der Waals surface area contributed by atoms with Crippen LogP contribution in [0.2, 0.25) is 0 Å². The number of nitrogens with zero attached hydrogens (tertiary/aromatic N) is 4. The molecule has 0 aliphatic carbocycles. The largest absolute Gasteiger partial charge is 0.493 e. The lowest BCUT2D eigenvalue weighted by Crippen LogP contribution is -2.05. The van der Waals surface area contributed by atoms with Gasteiger partial charge in [-0.15, -0.1) is 10.2 Å². The number of methoxy groups -OCH3 is 2. The lowest BCUT2D eigenvalue weighted by Gasteiger charge is -2.11. The van der Waals surface area contributed by atoms with Crippen LogP contribution < -0.4 is 20.1 Å². The van der Waals surface area contributed by atoms with Crippen LogP contribution in [0.1, 0.15) is 5.56 Å². The van der Waals surface area contributed by atoms with Gasteiger partial charge < -0.3 is 20.1 Å². The van der Waals surface area contributed by atoms with Crippen molar-refractivity contribution < 1.29 is 9.47 Å². The lowest BCUT2D eigenvalue weighted by atomic mass is 10.2. The van der Waals surface area contributed by atoms with E-state index < -0.39 is 0 Å². The molecular formula is C15H18N6O2. The number of fused-ring (bicyclic) bond motifs is 1. The smallest absolute Gasteiger partial charge is 0.228 e. The number of rotatable bonds is 6. The van der Waals surface area contributed by atoms with Crippen molar-refractivity contribution in [1.82, 2.24) is 19.6 Å². The quantitative estimate of drug-likeness (QED) is 0.717. The Morgan fingerprint density at radius 2 is 1.96 bits per heavy atom. The molecule has 0 fully saturated rings. The number of nitrogens with one attached hydrogen (secondary N) is 2. The molecule has 3 aromatic rings. The Hall–Kier alpha value is -3.03. The molecule has 0 saturated carbocycles. The zero-order valence-electron chi connectivity index (χ0n) is 13.2. The summed E-state index contributed by atoms with van der Waals surface area (Å²) in [4.78, 5) is 4.33. The van der Waals surface area contributed by atoms with Crippen LogP contribution in [-0.2, 0) is 6.54 Å². The van der Waals surface area contributed by atoms with Gasteiger partial charge in [-0.25, -0.2) is 4.98 Å². The van der Waals surface area contributed by atoms with Crippen molar-refractivity contribution in [2.45, 2.75) is 6.54 Å². The highest BCUT2D eigenvalue weighted by molar-refractivity contribution is 5.64. The van der Waals surface area contributed by atoms with Gasteiger partial charge in [0.15, 0.2) is 17.3 Å². The predicted octanol–water partition coefficient (Wildman–Crippen LogP) is 1.80. The van der Waals surface area contributed by atoms with E-state index in [-0.39, 0.29) is 0 Å². The summed E-state index contributed by atoms with van der Waals surface area (Å²) in [5, 5.41) is 14.5. The molecule has 0 aliphatic heterocycles. The van der Waals surface area contributed by atoms with Crippen molar-refractivity contribution in [3.8, 4) is 11.5 Å². The summed E-state index contributed by atoms with van der Waals surface area (Å²) in [5.74, 6) is 2.72. The molecular weight excluding hydrogens is 296 g/mol.